The first-order chi connectivity index (χ1) is 10.7. The molecule has 0 saturated carbocycles. The maximum atomic E-state index is 12.6. The van der Waals surface area contributed by atoms with Crippen molar-refractivity contribution in [2.45, 2.75) is 19.4 Å². The van der Waals surface area contributed by atoms with Crippen LogP contribution in [0, 0.1) is 0 Å². The van der Waals surface area contributed by atoms with Crippen molar-refractivity contribution in [2.75, 3.05) is 17.2 Å². The maximum absolute atomic E-state index is 12.6. The average Bonchev–Trinajstić information content (AvgIpc) is 2.54. The Hall–Kier alpha value is -2.04. The number of carbonyl (C=O) groups excluding carboxylic acids is 1. The third-order valence-corrected chi connectivity index (χ3v) is 3.99. The quantitative estimate of drug-likeness (QED) is 0.813. The zero-order valence-corrected chi connectivity index (χ0v) is 12.9. The van der Waals surface area contributed by atoms with Crippen molar-refractivity contribution in [2.24, 2.45) is 5.73 Å². The van der Waals surface area contributed by atoms with Crippen molar-refractivity contribution < 1.29 is 4.79 Å². The molecule has 0 aromatic heterocycles. The van der Waals surface area contributed by atoms with E-state index >= 15 is 0 Å². The Balaban J connectivity index is 1.90. The number of carbonyl (C=O) groups is 1. The number of anilines is 2. The number of nitrogens with two attached hydrogens (primary N) is 1. The smallest absolute Gasteiger partial charge is 0.257 e. The predicted molar refractivity (Wildman–Crippen MR) is 90.5 cm³/mol. The highest BCUT2D eigenvalue weighted by molar-refractivity contribution is 6.31. The Morgan fingerprint density at radius 3 is 3.00 bits per heavy atom. The molecule has 0 unspecified atom stereocenters. The van der Waals surface area contributed by atoms with Gasteiger partial charge in [0.25, 0.3) is 5.91 Å². The molecule has 3 rings (SSSR count). The van der Waals surface area contributed by atoms with Gasteiger partial charge in [0.05, 0.1) is 11.3 Å². The number of aryl methyl sites for hydroxylation is 1. The van der Waals surface area contributed by atoms with E-state index < -0.39 is 0 Å². The standard InChI is InChI=1S/C17H18ClN3O/c18-13-8-12-4-2-6-20-16(12)15(9-13)17(22)21-14-5-1-3-11(7-14)10-19/h1,3,5,7-9,20H,2,4,6,10,19H2,(H,21,22). The van der Waals surface area contributed by atoms with Crippen LogP contribution in [0.5, 0.6) is 0 Å². The Labute approximate surface area is 134 Å². The Morgan fingerprint density at radius 1 is 1.32 bits per heavy atom. The molecule has 5 heteroatoms. The first kappa shape index (κ1) is 14.9. The van der Waals surface area contributed by atoms with E-state index in [-0.39, 0.29) is 5.91 Å². The number of fused-ring (bicyclic) bond motifs is 1. The molecule has 1 aliphatic heterocycles. The largest absolute Gasteiger partial charge is 0.384 e. The molecule has 0 aliphatic carbocycles. The van der Waals surface area contributed by atoms with Gasteiger partial charge in [-0.15, -0.1) is 0 Å². The zero-order chi connectivity index (χ0) is 15.5. The lowest BCUT2D eigenvalue weighted by Gasteiger charge is -2.21. The molecule has 4 nitrogen and oxygen atoms in total. The molecule has 1 heterocycles. The van der Waals surface area contributed by atoms with E-state index in [1.165, 1.54) is 0 Å². The van der Waals surface area contributed by atoms with Crippen LogP contribution in [0.4, 0.5) is 11.4 Å². The van der Waals surface area contributed by atoms with Crippen LogP contribution in [0.25, 0.3) is 0 Å². The summed E-state index contributed by atoms with van der Waals surface area (Å²) < 4.78 is 0. The number of hydrogen-bond donors (Lipinski definition) is 3. The van der Waals surface area contributed by atoms with Crippen LogP contribution in [0.3, 0.4) is 0 Å². The van der Waals surface area contributed by atoms with Gasteiger partial charge in [-0.05, 0) is 48.2 Å². The maximum Gasteiger partial charge on any atom is 0.257 e. The van der Waals surface area contributed by atoms with Gasteiger partial charge < -0.3 is 16.4 Å². The lowest BCUT2D eigenvalue weighted by Crippen LogP contribution is -2.19. The Morgan fingerprint density at radius 2 is 2.18 bits per heavy atom. The lowest BCUT2D eigenvalue weighted by atomic mass is 9.99. The summed E-state index contributed by atoms with van der Waals surface area (Å²) in [5.74, 6) is -0.165. The van der Waals surface area contributed by atoms with Gasteiger partial charge >= 0.3 is 0 Å². The number of halogens is 1. The van der Waals surface area contributed by atoms with Crippen molar-refractivity contribution in [1.82, 2.24) is 0 Å². The summed E-state index contributed by atoms with van der Waals surface area (Å²) in [6, 6.07) is 11.2. The van der Waals surface area contributed by atoms with E-state index in [4.69, 9.17) is 17.3 Å². The molecule has 2 aromatic rings. The van der Waals surface area contributed by atoms with Crippen LogP contribution >= 0.6 is 11.6 Å². The molecule has 114 valence electrons. The minimum Gasteiger partial charge on any atom is -0.384 e. The third kappa shape index (κ3) is 3.08. The summed E-state index contributed by atoms with van der Waals surface area (Å²) >= 11 is 6.15. The van der Waals surface area contributed by atoms with E-state index in [0.29, 0.717) is 17.1 Å². The summed E-state index contributed by atoms with van der Waals surface area (Å²) in [6.45, 7) is 1.31. The number of nitrogens with one attached hydrogen (secondary N) is 2. The summed E-state index contributed by atoms with van der Waals surface area (Å²) in [7, 11) is 0. The fraction of sp³-hybridized carbons (Fsp3) is 0.235. The highest BCUT2D eigenvalue weighted by atomic mass is 35.5. The van der Waals surface area contributed by atoms with Crippen molar-refractivity contribution in [3.8, 4) is 0 Å². The fourth-order valence-corrected chi connectivity index (χ4v) is 2.96. The molecule has 22 heavy (non-hydrogen) atoms. The third-order valence-electron chi connectivity index (χ3n) is 3.77. The van der Waals surface area contributed by atoms with Crippen LogP contribution in [0.2, 0.25) is 5.02 Å². The average molecular weight is 316 g/mol. The summed E-state index contributed by atoms with van der Waals surface area (Å²) in [6.07, 6.45) is 1.98. The van der Waals surface area contributed by atoms with E-state index in [1.807, 2.05) is 30.3 Å². The van der Waals surface area contributed by atoms with E-state index in [2.05, 4.69) is 10.6 Å². The minimum atomic E-state index is -0.165. The second-order valence-electron chi connectivity index (χ2n) is 5.38. The number of amides is 1. The normalized spacial score (nSPS) is 13.2. The van der Waals surface area contributed by atoms with Crippen molar-refractivity contribution >= 4 is 28.9 Å². The van der Waals surface area contributed by atoms with Crippen molar-refractivity contribution in [3.63, 3.8) is 0 Å². The molecule has 0 bridgehead atoms. The van der Waals surface area contributed by atoms with Gasteiger partial charge in [-0.2, -0.15) is 0 Å². The molecule has 0 atom stereocenters. The van der Waals surface area contributed by atoms with E-state index in [1.54, 1.807) is 6.07 Å². The van der Waals surface area contributed by atoms with Crippen LogP contribution < -0.4 is 16.4 Å². The van der Waals surface area contributed by atoms with Gasteiger partial charge in [0.15, 0.2) is 0 Å². The number of hydrogen-bond acceptors (Lipinski definition) is 3. The molecule has 0 spiro atoms. The highest BCUT2D eigenvalue weighted by Gasteiger charge is 2.19. The molecule has 4 N–H and O–H groups in total. The molecule has 1 amide bonds. The van der Waals surface area contributed by atoms with Gasteiger partial charge in [0, 0.05) is 23.8 Å². The van der Waals surface area contributed by atoms with Crippen molar-refractivity contribution in [1.29, 1.82) is 0 Å². The minimum absolute atomic E-state index is 0.165. The van der Waals surface area contributed by atoms with E-state index in [9.17, 15) is 4.79 Å². The van der Waals surface area contributed by atoms with Crippen molar-refractivity contribution in [3.05, 3.63) is 58.1 Å². The topological polar surface area (TPSA) is 67.1 Å². The zero-order valence-electron chi connectivity index (χ0n) is 12.2. The SMILES string of the molecule is NCc1cccc(NC(=O)c2cc(Cl)cc3c2NCCC3)c1. The number of rotatable bonds is 3. The lowest BCUT2D eigenvalue weighted by molar-refractivity contribution is 0.102. The molecule has 0 radical (unpaired) electrons. The predicted octanol–water partition coefficient (Wildman–Crippen LogP) is 3.41. The second kappa shape index (κ2) is 6.38. The molecule has 0 fully saturated rings. The Bertz CT molecular complexity index is 715. The first-order valence-corrected chi connectivity index (χ1v) is 7.72. The Kier molecular flexibility index (Phi) is 4.32. The molecule has 1 aliphatic rings. The second-order valence-corrected chi connectivity index (χ2v) is 5.81. The molecule has 2 aromatic carbocycles. The van der Waals surface area contributed by atoms with Crippen LogP contribution in [0.15, 0.2) is 36.4 Å². The van der Waals surface area contributed by atoms with Crippen LogP contribution in [-0.2, 0) is 13.0 Å². The van der Waals surface area contributed by atoms with Gasteiger partial charge in [-0.1, -0.05) is 23.7 Å². The molecule has 0 saturated heterocycles. The number of benzene rings is 2. The molecular weight excluding hydrogens is 298 g/mol. The van der Waals surface area contributed by atoms with Gasteiger partial charge in [-0.3, -0.25) is 4.79 Å². The van der Waals surface area contributed by atoms with E-state index in [0.717, 1.165) is 41.9 Å². The van der Waals surface area contributed by atoms with Gasteiger partial charge in [0.2, 0.25) is 0 Å². The molecular formula is C17H18ClN3O. The summed E-state index contributed by atoms with van der Waals surface area (Å²) in [5.41, 5.74) is 9.91. The first-order valence-electron chi connectivity index (χ1n) is 7.34. The highest BCUT2D eigenvalue weighted by Crippen LogP contribution is 2.30. The summed E-state index contributed by atoms with van der Waals surface area (Å²) in [5, 5.41) is 6.81. The van der Waals surface area contributed by atoms with Gasteiger partial charge in [0.1, 0.15) is 0 Å². The van der Waals surface area contributed by atoms with Gasteiger partial charge in [-0.25, -0.2) is 0 Å². The summed E-state index contributed by atoms with van der Waals surface area (Å²) in [4.78, 5) is 12.6. The fourth-order valence-electron chi connectivity index (χ4n) is 2.72. The monoisotopic (exact) mass is 315 g/mol. The van der Waals surface area contributed by atoms with Crippen LogP contribution in [-0.4, -0.2) is 12.5 Å². The van der Waals surface area contributed by atoms with Crippen LogP contribution in [0.1, 0.15) is 27.9 Å².